The van der Waals surface area contributed by atoms with Gasteiger partial charge in [-0.3, -0.25) is 9.59 Å². The Morgan fingerprint density at radius 1 is 1.19 bits per heavy atom. The van der Waals surface area contributed by atoms with E-state index >= 15 is 0 Å². The van der Waals surface area contributed by atoms with Gasteiger partial charge >= 0.3 is 0 Å². The highest BCUT2D eigenvalue weighted by atomic mass is 16.5. The zero-order valence-corrected chi connectivity index (χ0v) is 16.0. The largest absolute Gasteiger partial charge is 0.486 e. The summed E-state index contributed by atoms with van der Waals surface area (Å²) in [6, 6.07) is 8.58. The Balaban J connectivity index is 1.94. The maximum Gasteiger partial charge on any atom is 0.276 e. The van der Waals surface area contributed by atoms with Crippen molar-refractivity contribution in [2.24, 2.45) is 5.92 Å². The number of nitrogens with zero attached hydrogens (tertiary/aromatic N) is 2. The Kier molecular flexibility index (Phi) is 6.55. The highest BCUT2D eigenvalue weighted by Crippen LogP contribution is 2.17. The third kappa shape index (κ3) is 5.18. The van der Waals surface area contributed by atoms with Crippen LogP contribution in [0.2, 0.25) is 0 Å². The van der Waals surface area contributed by atoms with E-state index in [0.717, 1.165) is 6.42 Å². The molecule has 0 spiro atoms. The van der Waals surface area contributed by atoms with Crippen LogP contribution in [0, 0.1) is 5.92 Å². The molecule has 140 valence electrons. The summed E-state index contributed by atoms with van der Waals surface area (Å²) in [6.45, 7) is 7.95. The molecule has 0 saturated carbocycles. The third-order valence-electron chi connectivity index (χ3n) is 4.21. The molecule has 0 N–H and O–H groups in total. The van der Waals surface area contributed by atoms with Gasteiger partial charge in [-0.1, -0.05) is 19.0 Å². The molecule has 0 aliphatic heterocycles. The van der Waals surface area contributed by atoms with E-state index in [-0.39, 0.29) is 30.0 Å². The molecule has 0 aliphatic rings. The van der Waals surface area contributed by atoms with Crippen molar-refractivity contribution in [1.82, 2.24) is 10.1 Å². The average Bonchev–Trinajstić information content (AvgIpc) is 3.07. The van der Waals surface area contributed by atoms with Crippen molar-refractivity contribution in [1.29, 1.82) is 0 Å². The zero-order valence-electron chi connectivity index (χ0n) is 16.0. The van der Waals surface area contributed by atoms with Crippen LogP contribution >= 0.6 is 0 Å². The minimum atomic E-state index is -0.168. The molecule has 0 bridgehead atoms. The van der Waals surface area contributed by atoms with Crippen LogP contribution in [0.1, 0.15) is 60.7 Å². The van der Waals surface area contributed by atoms with Crippen LogP contribution in [0.4, 0.5) is 0 Å². The van der Waals surface area contributed by atoms with Gasteiger partial charge in [-0.15, -0.1) is 0 Å². The Morgan fingerprint density at radius 2 is 1.85 bits per heavy atom. The monoisotopic (exact) mass is 358 g/mol. The first-order valence-electron chi connectivity index (χ1n) is 8.74. The fraction of sp³-hybridized carbons (Fsp3) is 0.450. The Hall–Kier alpha value is -2.63. The van der Waals surface area contributed by atoms with Crippen LogP contribution in [0.5, 0.6) is 5.75 Å². The number of hydrogen-bond acceptors (Lipinski definition) is 5. The predicted octanol–water partition coefficient (Wildman–Crippen LogP) is 3.96. The topological polar surface area (TPSA) is 72.6 Å². The van der Waals surface area contributed by atoms with Gasteiger partial charge in [0.2, 0.25) is 0 Å². The minimum Gasteiger partial charge on any atom is -0.486 e. The van der Waals surface area contributed by atoms with Gasteiger partial charge in [0.1, 0.15) is 12.4 Å². The Bertz CT molecular complexity index is 749. The number of aromatic nitrogens is 1. The second kappa shape index (κ2) is 8.65. The summed E-state index contributed by atoms with van der Waals surface area (Å²) in [5.74, 6) is 1.43. The fourth-order valence-corrected chi connectivity index (χ4v) is 2.64. The van der Waals surface area contributed by atoms with E-state index in [1.165, 1.54) is 6.92 Å². The van der Waals surface area contributed by atoms with Crippen molar-refractivity contribution in [2.75, 3.05) is 7.05 Å². The van der Waals surface area contributed by atoms with Crippen LogP contribution in [0.15, 0.2) is 34.9 Å². The van der Waals surface area contributed by atoms with E-state index in [1.54, 1.807) is 42.3 Å². The number of ether oxygens (including phenoxy) is 1. The molecule has 1 atom stereocenters. The molecular formula is C20H26N2O4. The van der Waals surface area contributed by atoms with E-state index in [2.05, 4.69) is 19.0 Å². The molecule has 1 aromatic carbocycles. The summed E-state index contributed by atoms with van der Waals surface area (Å²) >= 11 is 0. The SMILES string of the molecule is CC(=O)c1ccc(OCc2cc(C(=O)N(C)[C@H](C)CC(C)C)no2)cc1. The van der Waals surface area contributed by atoms with Gasteiger partial charge in [0, 0.05) is 24.7 Å². The van der Waals surface area contributed by atoms with Gasteiger partial charge in [-0.2, -0.15) is 0 Å². The normalized spacial score (nSPS) is 12.1. The van der Waals surface area contributed by atoms with E-state index in [0.29, 0.717) is 23.0 Å². The number of Topliss-reactive ketones (excluding diaryl/α,β-unsaturated/α-hetero) is 1. The van der Waals surface area contributed by atoms with Gasteiger partial charge in [0.25, 0.3) is 5.91 Å². The number of benzene rings is 1. The first-order valence-corrected chi connectivity index (χ1v) is 8.74. The standard InChI is InChI=1S/C20H26N2O4/c1-13(2)10-14(3)22(5)20(24)19-11-18(26-21-19)12-25-17-8-6-16(7-9-17)15(4)23/h6-9,11,13-14H,10,12H2,1-5H3/t14-/m1/s1. The van der Waals surface area contributed by atoms with E-state index in [4.69, 9.17) is 9.26 Å². The van der Waals surface area contributed by atoms with Crippen molar-refractivity contribution < 1.29 is 18.8 Å². The van der Waals surface area contributed by atoms with Gasteiger partial charge in [-0.25, -0.2) is 0 Å². The lowest BCUT2D eigenvalue weighted by atomic mass is 10.0. The summed E-state index contributed by atoms with van der Waals surface area (Å²) in [4.78, 5) is 25.4. The molecule has 0 saturated heterocycles. The molecule has 6 heteroatoms. The molecule has 6 nitrogen and oxygen atoms in total. The maximum absolute atomic E-state index is 12.5. The number of hydrogen-bond donors (Lipinski definition) is 0. The number of carbonyl (C=O) groups excluding carboxylic acids is 2. The van der Waals surface area contributed by atoms with E-state index in [9.17, 15) is 9.59 Å². The first kappa shape index (κ1) is 19.7. The number of carbonyl (C=O) groups is 2. The highest BCUT2D eigenvalue weighted by Gasteiger charge is 2.21. The van der Waals surface area contributed by atoms with Gasteiger partial charge in [0.15, 0.2) is 17.2 Å². The molecule has 1 aromatic heterocycles. The average molecular weight is 358 g/mol. The summed E-state index contributed by atoms with van der Waals surface area (Å²) in [7, 11) is 1.77. The highest BCUT2D eigenvalue weighted by molar-refractivity contribution is 5.94. The molecule has 26 heavy (non-hydrogen) atoms. The number of rotatable bonds is 8. The Labute approximate surface area is 154 Å². The predicted molar refractivity (Wildman–Crippen MR) is 98.3 cm³/mol. The van der Waals surface area contributed by atoms with Crippen molar-refractivity contribution in [3.05, 3.63) is 47.3 Å². The van der Waals surface area contributed by atoms with Crippen molar-refractivity contribution in [3.63, 3.8) is 0 Å². The summed E-state index contributed by atoms with van der Waals surface area (Å²) in [6.07, 6.45) is 0.923. The molecule has 0 fully saturated rings. The summed E-state index contributed by atoms with van der Waals surface area (Å²) < 4.78 is 10.8. The molecule has 2 rings (SSSR count). The lowest BCUT2D eigenvalue weighted by Gasteiger charge is -2.25. The van der Waals surface area contributed by atoms with Gasteiger partial charge in [-0.05, 0) is 50.5 Å². The fourth-order valence-electron chi connectivity index (χ4n) is 2.64. The van der Waals surface area contributed by atoms with E-state index in [1.807, 2.05) is 6.92 Å². The molecule has 2 aromatic rings. The number of ketones is 1. The van der Waals surface area contributed by atoms with Crippen molar-refractivity contribution >= 4 is 11.7 Å². The second-order valence-electron chi connectivity index (χ2n) is 6.94. The summed E-state index contributed by atoms with van der Waals surface area (Å²) in [5.41, 5.74) is 0.900. The van der Waals surface area contributed by atoms with Crippen molar-refractivity contribution in [3.8, 4) is 5.75 Å². The lowest BCUT2D eigenvalue weighted by molar-refractivity contribution is 0.0717. The smallest absolute Gasteiger partial charge is 0.276 e. The summed E-state index contributed by atoms with van der Waals surface area (Å²) in [5, 5.41) is 3.86. The lowest BCUT2D eigenvalue weighted by Crippen LogP contribution is -2.36. The Morgan fingerprint density at radius 3 is 2.42 bits per heavy atom. The van der Waals surface area contributed by atoms with Crippen LogP contribution < -0.4 is 4.74 Å². The van der Waals surface area contributed by atoms with Gasteiger partial charge < -0.3 is 14.2 Å². The third-order valence-corrected chi connectivity index (χ3v) is 4.21. The maximum atomic E-state index is 12.5. The van der Waals surface area contributed by atoms with Crippen LogP contribution in [0.3, 0.4) is 0 Å². The zero-order chi connectivity index (χ0) is 19.3. The first-order chi connectivity index (χ1) is 12.3. The quantitative estimate of drug-likeness (QED) is 0.668. The van der Waals surface area contributed by atoms with Crippen molar-refractivity contribution in [2.45, 2.75) is 46.8 Å². The molecular weight excluding hydrogens is 332 g/mol. The molecule has 1 amide bonds. The second-order valence-corrected chi connectivity index (χ2v) is 6.94. The van der Waals surface area contributed by atoms with Crippen LogP contribution in [0.25, 0.3) is 0 Å². The minimum absolute atomic E-state index is 0.00533. The molecule has 1 heterocycles. The molecule has 0 unspecified atom stereocenters. The molecule has 0 radical (unpaired) electrons. The van der Waals surface area contributed by atoms with E-state index < -0.39 is 0 Å². The van der Waals surface area contributed by atoms with Gasteiger partial charge in [0.05, 0.1) is 0 Å². The van der Waals surface area contributed by atoms with Crippen LogP contribution in [-0.4, -0.2) is 34.8 Å². The molecule has 0 aliphatic carbocycles. The van der Waals surface area contributed by atoms with Crippen LogP contribution in [-0.2, 0) is 6.61 Å². The number of amides is 1.